The van der Waals surface area contributed by atoms with Gasteiger partial charge in [0.2, 0.25) is 0 Å². The number of hydrogen-bond acceptors (Lipinski definition) is 5. The second-order valence-corrected chi connectivity index (χ2v) is 9.53. The largest absolute Gasteiger partial charge is 0.497 e. The normalized spacial score (nSPS) is 19.4. The monoisotopic (exact) mass is 442 g/mol. The summed E-state index contributed by atoms with van der Waals surface area (Å²) < 4.78 is 39.4. The van der Waals surface area contributed by atoms with Crippen molar-refractivity contribution < 1.29 is 17.7 Å². The summed E-state index contributed by atoms with van der Waals surface area (Å²) >= 11 is 0. The van der Waals surface area contributed by atoms with Gasteiger partial charge in [0, 0.05) is 18.5 Å². The van der Waals surface area contributed by atoms with E-state index in [1.54, 1.807) is 13.2 Å². The number of nitriles is 1. The van der Waals surface area contributed by atoms with Crippen LogP contribution in [0.3, 0.4) is 0 Å². The zero-order chi connectivity index (χ0) is 22.6. The molecule has 1 aliphatic heterocycles. The van der Waals surface area contributed by atoms with Crippen molar-refractivity contribution in [2.75, 3.05) is 13.7 Å². The molecular formula is C24H30N2O4S. The summed E-state index contributed by atoms with van der Waals surface area (Å²) in [4.78, 5) is 2.16. The van der Waals surface area contributed by atoms with Gasteiger partial charge in [-0.05, 0) is 55.5 Å². The Labute approximate surface area is 185 Å². The average molecular weight is 443 g/mol. The molecule has 0 aliphatic carbocycles. The summed E-state index contributed by atoms with van der Waals surface area (Å²) in [5.74, 6) is 0.573. The number of nitrogens with zero attached hydrogens (tertiary/aromatic N) is 2. The summed E-state index contributed by atoms with van der Waals surface area (Å²) in [6, 6.07) is 14.6. The molecule has 0 bridgehead atoms. The van der Waals surface area contributed by atoms with E-state index in [9.17, 15) is 18.2 Å². The Morgan fingerprint density at radius 1 is 1.26 bits per heavy atom. The highest BCUT2D eigenvalue weighted by atomic mass is 32.2. The minimum atomic E-state index is -4.35. The van der Waals surface area contributed by atoms with Gasteiger partial charge in [-0.3, -0.25) is 9.45 Å². The van der Waals surface area contributed by atoms with Crippen molar-refractivity contribution in [1.29, 1.82) is 5.26 Å². The van der Waals surface area contributed by atoms with E-state index in [0.29, 0.717) is 17.7 Å². The maximum Gasteiger partial charge on any atom is 0.294 e. The second kappa shape index (κ2) is 9.82. The number of rotatable bonds is 7. The maximum atomic E-state index is 12.1. The molecule has 0 amide bonds. The van der Waals surface area contributed by atoms with E-state index < -0.39 is 16.2 Å². The third-order valence-corrected chi connectivity index (χ3v) is 7.13. The maximum absolute atomic E-state index is 12.1. The Bertz CT molecular complexity index is 1060. The van der Waals surface area contributed by atoms with Gasteiger partial charge in [-0.25, -0.2) is 0 Å². The van der Waals surface area contributed by atoms with Gasteiger partial charge in [0.15, 0.2) is 0 Å². The fraction of sp³-hybridized carbons (Fsp3) is 0.458. The van der Waals surface area contributed by atoms with Crippen LogP contribution < -0.4 is 4.74 Å². The molecule has 1 saturated heterocycles. The summed E-state index contributed by atoms with van der Waals surface area (Å²) in [7, 11) is -2.75. The molecule has 166 valence electrons. The van der Waals surface area contributed by atoms with Crippen LogP contribution in [0.15, 0.2) is 47.4 Å². The fourth-order valence-electron chi connectivity index (χ4n) is 4.78. The van der Waals surface area contributed by atoms with Gasteiger partial charge in [-0.2, -0.15) is 13.7 Å². The first-order valence-electron chi connectivity index (χ1n) is 10.7. The predicted octanol–water partition coefficient (Wildman–Crippen LogP) is 4.86. The van der Waals surface area contributed by atoms with Crippen LogP contribution in [0.25, 0.3) is 0 Å². The van der Waals surface area contributed by atoms with Gasteiger partial charge in [0.25, 0.3) is 10.1 Å². The average Bonchev–Trinajstić information content (AvgIpc) is 2.75. The Morgan fingerprint density at radius 3 is 2.68 bits per heavy atom. The Morgan fingerprint density at radius 2 is 2.03 bits per heavy atom. The minimum Gasteiger partial charge on any atom is -0.497 e. The van der Waals surface area contributed by atoms with Gasteiger partial charge in [-0.15, -0.1) is 0 Å². The first-order valence-corrected chi connectivity index (χ1v) is 12.1. The molecule has 3 atom stereocenters. The zero-order valence-corrected chi connectivity index (χ0v) is 19.1. The van der Waals surface area contributed by atoms with Crippen molar-refractivity contribution in [3.8, 4) is 11.8 Å². The first kappa shape index (κ1) is 23.3. The molecule has 6 nitrogen and oxygen atoms in total. The quantitative estimate of drug-likeness (QED) is 0.616. The van der Waals surface area contributed by atoms with E-state index in [0.717, 1.165) is 36.9 Å². The number of likely N-dealkylation sites (tertiary alicyclic amines) is 1. The lowest BCUT2D eigenvalue weighted by Gasteiger charge is -2.43. The van der Waals surface area contributed by atoms with E-state index in [4.69, 9.17) is 4.74 Å². The molecule has 1 N–H and O–H groups in total. The lowest BCUT2D eigenvalue weighted by atomic mass is 9.81. The van der Waals surface area contributed by atoms with Gasteiger partial charge in [0.1, 0.15) is 11.8 Å². The lowest BCUT2D eigenvalue weighted by Crippen LogP contribution is -2.45. The van der Waals surface area contributed by atoms with Gasteiger partial charge in [-0.1, -0.05) is 43.2 Å². The minimum absolute atomic E-state index is 0.0168. The molecule has 0 saturated carbocycles. The van der Waals surface area contributed by atoms with Crippen LogP contribution in [-0.2, 0) is 10.1 Å². The van der Waals surface area contributed by atoms with Crippen LogP contribution in [0.1, 0.15) is 61.3 Å². The third-order valence-electron chi connectivity index (χ3n) is 6.20. The molecule has 31 heavy (non-hydrogen) atoms. The number of piperidine rings is 1. The van der Waals surface area contributed by atoms with E-state index >= 15 is 0 Å². The topological polar surface area (TPSA) is 90.6 Å². The molecule has 3 unspecified atom stereocenters. The fourth-order valence-corrected chi connectivity index (χ4v) is 5.52. The summed E-state index contributed by atoms with van der Waals surface area (Å²) in [6.07, 6.45) is 3.55. The van der Waals surface area contributed by atoms with E-state index in [1.165, 1.54) is 6.07 Å². The van der Waals surface area contributed by atoms with Crippen molar-refractivity contribution in [3.63, 3.8) is 0 Å². The van der Waals surface area contributed by atoms with Crippen molar-refractivity contribution in [3.05, 3.63) is 59.2 Å². The van der Waals surface area contributed by atoms with Crippen LogP contribution in [0, 0.1) is 18.3 Å². The van der Waals surface area contributed by atoms with Crippen molar-refractivity contribution in [2.45, 2.75) is 62.4 Å². The number of ether oxygens (including phenoxy) is 1. The van der Waals surface area contributed by atoms with Crippen LogP contribution in [0.2, 0.25) is 0 Å². The van der Waals surface area contributed by atoms with Crippen molar-refractivity contribution in [1.82, 2.24) is 4.90 Å². The second-order valence-electron chi connectivity index (χ2n) is 8.14. The summed E-state index contributed by atoms with van der Waals surface area (Å²) in [5, 5.41) is 10.1. The van der Waals surface area contributed by atoms with E-state index in [-0.39, 0.29) is 16.9 Å². The molecule has 0 radical (unpaired) electrons. The Balaban J connectivity index is 2.06. The Hall–Kier alpha value is -2.40. The molecule has 2 aromatic carbocycles. The molecule has 2 aromatic rings. The number of hydrogen-bond donors (Lipinski definition) is 1. The van der Waals surface area contributed by atoms with Gasteiger partial charge in [0.05, 0.1) is 18.1 Å². The molecule has 7 heteroatoms. The molecular weight excluding hydrogens is 412 g/mol. The first-order chi connectivity index (χ1) is 14.8. The number of methoxy groups -OCH3 is 1. The lowest BCUT2D eigenvalue weighted by molar-refractivity contribution is 0.0969. The standard InChI is InChI=1S/C24H30N2O4S/c1-4-20(21-14-17(2)11-12-24(21)31(27,28)29)22-10-5-6-13-26(22)23(16-25)18-8-7-9-19(15-18)30-3/h7-9,11-12,14-15,20,22-23H,4-6,10,13H2,1-3H3,(H,27,28,29). The van der Waals surface area contributed by atoms with Gasteiger partial charge >= 0.3 is 0 Å². The molecule has 3 rings (SSSR count). The van der Waals surface area contributed by atoms with Gasteiger partial charge < -0.3 is 4.74 Å². The summed E-state index contributed by atoms with van der Waals surface area (Å²) in [6.45, 7) is 4.70. The highest BCUT2D eigenvalue weighted by Gasteiger charge is 2.37. The molecule has 0 spiro atoms. The summed E-state index contributed by atoms with van der Waals surface area (Å²) in [5.41, 5.74) is 2.43. The van der Waals surface area contributed by atoms with Crippen LogP contribution in [0.5, 0.6) is 5.75 Å². The van der Waals surface area contributed by atoms with Crippen LogP contribution in [-0.4, -0.2) is 37.6 Å². The number of benzene rings is 2. The molecule has 1 heterocycles. The van der Waals surface area contributed by atoms with Crippen molar-refractivity contribution >= 4 is 10.1 Å². The van der Waals surface area contributed by atoms with Crippen LogP contribution in [0.4, 0.5) is 0 Å². The van der Waals surface area contributed by atoms with Crippen molar-refractivity contribution in [2.24, 2.45) is 0 Å². The highest BCUT2D eigenvalue weighted by molar-refractivity contribution is 7.85. The molecule has 1 fully saturated rings. The van der Waals surface area contributed by atoms with E-state index in [1.807, 2.05) is 44.2 Å². The number of aryl methyl sites for hydroxylation is 1. The smallest absolute Gasteiger partial charge is 0.294 e. The molecule has 1 aliphatic rings. The predicted molar refractivity (Wildman–Crippen MR) is 120 cm³/mol. The highest BCUT2D eigenvalue weighted by Crippen LogP contribution is 2.40. The molecule has 0 aromatic heterocycles. The Kier molecular flexibility index (Phi) is 7.37. The van der Waals surface area contributed by atoms with Crippen LogP contribution >= 0.6 is 0 Å². The van der Waals surface area contributed by atoms with E-state index in [2.05, 4.69) is 11.0 Å². The SMILES string of the molecule is CCC(c1cc(C)ccc1S(=O)(=O)O)C1CCCCN1C(C#N)c1cccc(OC)c1. The zero-order valence-electron chi connectivity index (χ0n) is 18.3. The third kappa shape index (κ3) is 5.09.